The monoisotopic (exact) mass is 325 g/mol. The van der Waals surface area contributed by atoms with Crippen LogP contribution in [0.25, 0.3) is 0 Å². The van der Waals surface area contributed by atoms with Gasteiger partial charge in [-0.15, -0.1) is 0 Å². The topological polar surface area (TPSA) is 102 Å². The maximum atomic E-state index is 12.9. The zero-order chi connectivity index (χ0) is 17.1. The molecule has 0 saturated carbocycles. The van der Waals surface area contributed by atoms with Crippen LogP contribution >= 0.6 is 0 Å². The first-order chi connectivity index (χ1) is 11.6. The van der Waals surface area contributed by atoms with Gasteiger partial charge in [0.2, 0.25) is 0 Å². The van der Waals surface area contributed by atoms with Crippen molar-refractivity contribution in [2.75, 3.05) is 16.9 Å². The summed E-state index contributed by atoms with van der Waals surface area (Å²) in [5.74, 6) is -1.59. The molecule has 1 amide bonds. The summed E-state index contributed by atoms with van der Waals surface area (Å²) >= 11 is 0. The second-order valence-corrected chi connectivity index (χ2v) is 5.27. The Kier molecular flexibility index (Phi) is 4.26. The van der Waals surface area contributed by atoms with E-state index in [1.54, 1.807) is 36.4 Å². The zero-order valence-corrected chi connectivity index (χ0v) is 12.6. The van der Waals surface area contributed by atoms with Crippen molar-refractivity contribution < 1.29 is 19.9 Å². The van der Waals surface area contributed by atoms with E-state index in [-0.39, 0.29) is 12.3 Å². The van der Waals surface area contributed by atoms with Gasteiger partial charge in [-0.3, -0.25) is 30.2 Å². The number of hydrogen-bond donors (Lipinski definition) is 3. The van der Waals surface area contributed by atoms with E-state index in [2.05, 4.69) is 4.99 Å². The molecule has 3 rings (SSSR count). The second kappa shape index (κ2) is 6.51. The first-order valence-corrected chi connectivity index (χ1v) is 7.26. The summed E-state index contributed by atoms with van der Waals surface area (Å²) in [6.07, 6.45) is 0. The summed E-state index contributed by atoms with van der Waals surface area (Å²) in [6, 6.07) is 13.7. The summed E-state index contributed by atoms with van der Waals surface area (Å²) in [6.45, 7) is -0.184. The molecule has 0 aliphatic carbocycles. The molecule has 7 heteroatoms. The Morgan fingerprint density at radius 2 is 2.00 bits per heavy atom. The Morgan fingerprint density at radius 1 is 1.21 bits per heavy atom. The van der Waals surface area contributed by atoms with Crippen LogP contribution in [0.15, 0.2) is 53.5 Å². The van der Waals surface area contributed by atoms with Crippen molar-refractivity contribution in [2.24, 2.45) is 4.99 Å². The molecule has 0 fully saturated rings. The van der Waals surface area contributed by atoms with Crippen molar-refractivity contribution in [2.45, 2.75) is 6.54 Å². The van der Waals surface area contributed by atoms with Gasteiger partial charge in [-0.1, -0.05) is 30.3 Å². The molecule has 24 heavy (non-hydrogen) atoms. The minimum absolute atomic E-state index is 0.157. The van der Waals surface area contributed by atoms with Gasteiger partial charge in [0, 0.05) is 11.3 Å². The lowest BCUT2D eigenvalue weighted by molar-refractivity contribution is -0.136. The molecule has 0 radical (unpaired) electrons. The molecule has 1 heterocycles. The number of rotatable bonds is 4. The van der Waals surface area contributed by atoms with E-state index in [0.717, 1.165) is 5.56 Å². The molecule has 2 aromatic rings. The molecular weight excluding hydrogens is 310 g/mol. The van der Waals surface area contributed by atoms with E-state index in [4.69, 9.17) is 10.3 Å². The Morgan fingerprint density at radius 3 is 2.75 bits per heavy atom. The van der Waals surface area contributed by atoms with Crippen molar-refractivity contribution in [3.63, 3.8) is 0 Å². The molecule has 2 aromatic carbocycles. The van der Waals surface area contributed by atoms with Gasteiger partial charge in [-0.25, -0.2) is 0 Å². The van der Waals surface area contributed by atoms with Gasteiger partial charge in [0.15, 0.2) is 0 Å². The van der Waals surface area contributed by atoms with E-state index in [1.807, 2.05) is 17.6 Å². The lowest BCUT2D eigenvalue weighted by atomic mass is 10.1. The third kappa shape index (κ3) is 2.97. The van der Waals surface area contributed by atoms with Crippen molar-refractivity contribution >= 4 is 29.0 Å². The maximum absolute atomic E-state index is 12.9. The number of fused-ring (bicyclic) bond motifs is 1. The summed E-state index contributed by atoms with van der Waals surface area (Å²) in [5, 5.41) is 18.2. The van der Waals surface area contributed by atoms with Crippen LogP contribution in [0.3, 0.4) is 0 Å². The van der Waals surface area contributed by atoms with Crippen molar-refractivity contribution in [3.8, 4) is 0 Å². The van der Waals surface area contributed by atoms with Crippen LogP contribution in [0.4, 0.5) is 11.4 Å². The third-order valence-electron chi connectivity index (χ3n) is 3.70. The normalized spacial score (nSPS) is 13.8. The van der Waals surface area contributed by atoms with E-state index in [1.165, 1.54) is 4.90 Å². The number of aliphatic imine (C=N–C) groups is 1. The van der Waals surface area contributed by atoms with Crippen molar-refractivity contribution in [3.05, 3.63) is 59.7 Å². The number of carbonyl (C=O) groups is 2. The van der Waals surface area contributed by atoms with Gasteiger partial charge >= 0.3 is 5.97 Å². The highest BCUT2D eigenvalue weighted by molar-refractivity contribution is 6.50. The highest BCUT2D eigenvalue weighted by Gasteiger charge is 2.28. The smallest absolute Gasteiger partial charge is 0.323 e. The van der Waals surface area contributed by atoms with Gasteiger partial charge in [0.05, 0.1) is 12.2 Å². The number of carboxylic acids is 1. The van der Waals surface area contributed by atoms with Gasteiger partial charge in [0.25, 0.3) is 5.91 Å². The molecular formula is C17H15N3O4. The fraction of sp³-hybridized carbons (Fsp3) is 0.118. The number of nitrogens with one attached hydrogen (secondary N) is 1. The first-order valence-electron chi connectivity index (χ1n) is 7.26. The van der Waals surface area contributed by atoms with Crippen LogP contribution < -0.4 is 10.4 Å². The van der Waals surface area contributed by atoms with Crippen LogP contribution in [-0.4, -0.2) is 34.4 Å². The number of nitrogens with zero attached hydrogens (tertiary/aromatic N) is 2. The highest BCUT2D eigenvalue weighted by Crippen LogP contribution is 2.26. The molecule has 122 valence electrons. The third-order valence-corrected chi connectivity index (χ3v) is 3.70. The van der Waals surface area contributed by atoms with Crippen molar-refractivity contribution in [1.82, 2.24) is 0 Å². The van der Waals surface area contributed by atoms with Crippen LogP contribution in [0.2, 0.25) is 0 Å². The van der Waals surface area contributed by atoms with E-state index in [9.17, 15) is 9.59 Å². The number of carboxylic acid groups (broad SMARTS) is 1. The molecule has 0 atom stereocenters. The van der Waals surface area contributed by atoms with Gasteiger partial charge in [0.1, 0.15) is 12.3 Å². The molecule has 7 nitrogen and oxygen atoms in total. The number of aliphatic carboxylic acids is 1. The Hall–Kier alpha value is -3.19. The predicted octanol–water partition coefficient (Wildman–Crippen LogP) is 1.91. The van der Waals surface area contributed by atoms with Crippen LogP contribution in [0.1, 0.15) is 11.1 Å². The lowest BCUT2D eigenvalue weighted by Gasteiger charge is -2.21. The number of carbonyl (C=O) groups excluding carboxylic acids is 1. The number of benzene rings is 2. The molecule has 1 aliphatic heterocycles. The molecule has 0 bridgehead atoms. The van der Waals surface area contributed by atoms with E-state index < -0.39 is 18.4 Å². The van der Waals surface area contributed by atoms with E-state index in [0.29, 0.717) is 16.9 Å². The number of amides is 1. The molecule has 0 saturated heterocycles. The number of anilines is 2. The largest absolute Gasteiger partial charge is 0.480 e. The Balaban J connectivity index is 2.08. The molecule has 0 spiro atoms. The van der Waals surface area contributed by atoms with Gasteiger partial charge in [-0.2, -0.15) is 0 Å². The highest BCUT2D eigenvalue weighted by atomic mass is 16.5. The number of para-hydroxylation sites is 1. The fourth-order valence-electron chi connectivity index (χ4n) is 2.62. The molecule has 0 aromatic heterocycles. The Bertz CT molecular complexity index is 832. The first kappa shape index (κ1) is 15.7. The minimum atomic E-state index is -1.11. The molecule has 3 N–H and O–H groups in total. The van der Waals surface area contributed by atoms with Crippen LogP contribution in [0.5, 0.6) is 0 Å². The average Bonchev–Trinajstić information content (AvgIpc) is 2.72. The Labute approximate surface area is 137 Å². The second-order valence-electron chi connectivity index (χ2n) is 5.27. The zero-order valence-electron chi connectivity index (χ0n) is 12.6. The molecule has 0 unspecified atom stereocenters. The number of hydrogen-bond acceptors (Lipinski definition) is 5. The van der Waals surface area contributed by atoms with E-state index >= 15 is 0 Å². The summed E-state index contributed by atoms with van der Waals surface area (Å²) in [5.41, 5.74) is 4.41. The van der Waals surface area contributed by atoms with Crippen LogP contribution in [-0.2, 0) is 16.1 Å². The fourth-order valence-corrected chi connectivity index (χ4v) is 2.62. The SMILES string of the molecule is O=C(O)CN1C(=O)C(c2cccc(NO)c2)=NCc2ccccc21. The van der Waals surface area contributed by atoms with Crippen molar-refractivity contribution in [1.29, 1.82) is 0 Å². The predicted molar refractivity (Wildman–Crippen MR) is 88.5 cm³/mol. The minimum Gasteiger partial charge on any atom is -0.480 e. The summed E-state index contributed by atoms with van der Waals surface area (Å²) in [7, 11) is 0. The van der Waals surface area contributed by atoms with Gasteiger partial charge in [-0.05, 0) is 23.8 Å². The summed E-state index contributed by atoms with van der Waals surface area (Å²) in [4.78, 5) is 29.7. The molecule has 1 aliphatic rings. The van der Waals surface area contributed by atoms with Gasteiger partial charge < -0.3 is 5.11 Å². The van der Waals surface area contributed by atoms with Crippen LogP contribution in [0, 0.1) is 0 Å². The quantitative estimate of drug-likeness (QED) is 0.745. The summed E-state index contributed by atoms with van der Waals surface area (Å²) < 4.78 is 0. The lowest BCUT2D eigenvalue weighted by Crippen LogP contribution is -2.40. The maximum Gasteiger partial charge on any atom is 0.323 e. The standard InChI is InChI=1S/C17H15N3O4/c21-15(22)10-20-14-7-2-1-4-12(14)9-18-16(17(20)23)11-5-3-6-13(8-11)19-24/h1-8,19,24H,9-10H2,(H,21,22). The average molecular weight is 325 g/mol.